The zero-order valence-corrected chi connectivity index (χ0v) is 18.5. The number of hydrogen-bond acceptors (Lipinski definition) is 7. The molecule has 3 aromatic heterocycles. The maximum absolute atomic E-state index is 13.1. The van der Waals surface area contributed by atoms with Crippen LogP contribution in [0.1, 0.15) is 49.6 Å². The molecule has 1 aliphatic carbocycles. The van der Waals surface area contributed by atoms with Crippen LogP contribution in [0.2, 0.25) is 0 Å². The summed E-state index contributed by atoms with van der Waals surface area (Å²) in [6.07, 6.45) is 7.60. The van der Waals surface area contributed by atoms with Crippen molar-refractivity contribution in [3.63, 3.8) is 0 Å². The zero-order chi connectivity index (χ0) is 22.9. The number of fused-ring (bicyclic) bond motifs is 1. The number of carbonyl (C=O) groups is 1. The molecule has 0 saturated carbocycles. The van der Waals surface area contributed by atoms with Crippen molar-refractivity contribution in [3.8, 4) is 0 Å². The Morgan fingerprint density at radius 2 is 2.18 bits per heavy atom. The van der Waals surface area contributed by atoms with Gasteiger partial charge in [0.2, 0.25) is 17.8 Å². The molecule has 1 fully saturated rings. The summed E-state index contributed by atoms with van der Waals surface area (Å²) in [5, 5.41) is 13.5. The Labute approximate surface area is 190 Å². The number of aromatic amines is 1. The van der Waals surface area contributed by atoms with Crippen LogP contribution < -0.4 is 15.5 Å². The van der Waals surface area contributed by atoms with Crippen molar-refractivity contribution in [2.24, 2.45) is 0 Å². The van der Waals surface area contributed by atoms with Gasteiger partial charge in [0.1, 0.15) is 11.9 Å². The van der Waals surface area contributed by atoms with Crippen LogP contribution in [0.15, 0.2) is 30.5 Å². The van der Waals surface area contributed by atoms with Crippen molar-refractivity contribution < 1.29 is 9.18 Å². The van der Waals surface area contributed by atoms with Gasteiger partial charge in [-0.25, -0.2) is 9.97 Å². The lowest BCUT2D eigenvalue weighted by Crippen LogP contribution is -2.40. The van der Waals surface area contributed by atoms with Gasteiger partial charge in [-0.05, 0) is 30.9 Å². The highest BCUT2D eigenvalue weighted by molar-refractivity contribution is 5.97. The minimum atomic E-state index is -0.590. The number of nitrogens with one attached hydrogen (secondary N) is 3. The number of carbonyl (C=O) groups excluding carboxylic acids is 1. The van der Waals surface area contributed by atoms with Crippen LogP contribution in [-0.4, -0.2) is 43.6 Å². The zero-order valence-electron chi connectivity index (χ0n) is 18.5. The van der Waals surface area contributed by atoms with Crippen LogP contribution in [0, 0.1) is 5.95 Å². The van der Waals surface area contributed by atoms with Gasteiger partial charge in [0, 0.05) is 30.3 Å². The maximum Gasteiger partial charge on any atom is 0.247 e. The minimum Gasteiger partial charge on any atom is -0.329 e. The first-order valence-electron chi connectivity index (χ1n) is 11.1. The fourth-order valence-electron chi connectivity index (χ4n) is 4.12. The molecule has 0 aromatic carbocycles. The second kappa shape index (κ2) is 8.61. The summed E-state index contributed by atoms with van der Waals surface area (Å²) in [4.78, 5) is 28.1. The summed E-state index contributed by atoms with van der Waals surface area (Å²) >= 11 is 0. The molecular weight excluding hydrogens is 423 g/mol. The van der Waals surface area contributed by atoms with E-state index in [4.69, 9.17) is 9.97 Å². The molecule has 1 atom stereocenters. The SMILES string of the molecule is CC(C)c1cc(Nc2nc(N3CCC[C@H]3C(=O)Nc3ccc(F)nc3)nc3c2C=CC3)n[nH]1. The number of allylic oxidation sites excluding steroid dienone is 1. The van der Waals surface area contributed by atoms with E-state index in [1.165, 1.54) is 18.3 Å². The van der Waals surface area contributed by atoms with Crippen molar-refractivity contribution in [3.05, 3.63) is 53.4 Å². The molecule has 0 spiro atoms. The van der Waals surface area contributed by atoms with E-state index in [1.807, 2.05) is 23.1 Å². The lowest BCUT2D eigenvalue weighted by Gasteiger charge is -2.25. The number of nitrogens with zero attached hydrogens (tertiary/aromatic N) is 5. The van der Waals surface area contributed by atoms with Gasteiger partial charge in [-0.3, -0.25) is 9.89 Å². The summed E-state index contributed by atoms with van der Waals surface area (Å²) in [6.45, 7) is 4.87. The molecule has 10 heteroatoms. The van der Waals surface area contributed by atoms with Gasteiger partial charge >= 0.3 is 0 Å². The third-order valence-corrected chi connectivity index (χ3v) is 5.88. The van der Waals surface area contributed by atoms with Crippen molar-refractivity contribution in [1.82, 2.24) is 25.1 Å². The van der Waals surface area contributed by atoms with E-state index in [9.17, 15) is 9.18 Å². The Morgan fingerprint density at radius 1 is 1.30 bits per heavy atom. The number of halogens is 1. The summed E-state index contributed by atoms with van der Waals surface area (Å²) in [7, 11) is 0. The van der Waals surface area contributed by atoms with Crippen LogP contribution in [-0.2, 0) is 11.2 Å². The predicted octanol–water partition coefficient (Wildman–Crippen LogP) is 3.78. The Bertz CT molecular complexity index is 1200. The fraction of sp³-hybridized carbons (Fsp3) is 0.348. The third kappa shape index (κ3) is 4.28. The van der Waals surface area contributed by atoms with Crippen LogP contribution in [0.4, 0.5) is 27.7 Å². The summed E-state index contributed by atoms with van der Waals surface area (Å²) in [5.41, 5.74) is 3.33. The van der Waals surface area contributed by atoms with E-state index >= 15 is 0 Å². The Morgan fingerprint density at radius 3 is 2.94 bits per heavy atom. The van der Waals surface area contributed by atoms with Crippen LogP contribution in [0.25, 0.3) is 6.08 Å². The average molecular weight is 449 g/mol. The van der Waals surface area contributed by atoms with Crippen molar-refractivity contribution in [2.45, 2.75) is 45.1 Å². The van der Waals surface area contributed by atoms with Crippen LogP contribution >= 0.6 is 0 Å². The normalized spacial score (nSPS) is 17.0. The number of H-pyrrole nitrogens is 1. The van der Waals surface area contributed by atoms with Gasteiger partial charge in [-0.15, -0.1) is 0 Å². The topological polar surface area (TPSA) is 112 Å². The Kier molecular flexibility index (Phi) is 5.49. The highest BCUT2D eigenvalue weighted by Crippen LogP contribution is 2.32. The molecule has 0 bridgehead atoms. The molecular formula is C23H25FN8O. The second-order valence-corrected chi connectivity index (χ2v) is 8.54. The van der Waals surface area contributed by atoms with Crippen LogP contribution in [0.5, 0.6) is 0 Å². The summed E-state index contributed by atoms with van der Waals surface area (Å²) in [5.74, 6) is 1.42. The summed E-state index contributed by atoms with van der Waals surface area (Å²) < 4.78 is 13.1. The molecule has 3 N–H and O–H groups in total. The smallest absolute Gasteiger partial charge is 0.247 e. The molecule has 170 valence electrons. The number of anilines is 4. The highest BCUT2D eigenvalue weighted by Gasteiger charge is 2.33. The number of hydrogen-bond donors (Lipinski definition) is 3. The molecule has 0 radical (unpaired) electrons. The fourth-order valence-corrected chi connectivity index (χ4v) is 4.12. The number of pyridine rings is 1. The van der Waals surface area contributed by atoms with Gasteiger partial charge in [-0.1, -0.05) is 26.0 Å². The summed E-state index contributed by atoms with van der Waals surface area (Å²) in [6, 6.07) is 4.26. The molecule has 5 rings (SSSR count). The van der Waals surface area contributed by atoms with Crippen molar-refractivity contribution >= 4 is 35.3 Å². The second-order valence-electron chi connectivity index (χ2n) is 8.54. The monoisotopic (exact) mass is 448 g/mol. The third-order valence-electron chi connectivity index (χ3n) is 5.88. The predicted molar refractivity (Wildman–Crippen MR) is 124 cm³/mol. The molecule has 1 amide bonds. The number of amides is 1. The lowest BCUT2D eigenvalue weighted by atomic mass is 10.1. The molecule has 9 nitrogen and oxygen atoms in total. The molecule has 4 heterocycles. The standard InChI is InChI=1S/C23H25FN8O/c1-13(2)17-11-20(31-30-17)28-21-15-5-3-6-16(15)27-23(29-21)32-10-4-7-18(32)22(33)26-14-8-9-19(24)25-12-14/h3,5,8-9,11-13,18H,4,6-7,10H2,1-2H3,(H,26,33)(H2,27,28,29,30,31)/t18-/m0/s1. The first-order valence-corrected chi connectivity index (χ1v) is 11.1. The average Bonchev–Trinajstić information content (AvgIpc) is 3.55. The quantitative estimate of drug-likeness (QED) is 0.492. The van der Waals surface area contributed by atoms with Crippen LogP contribution in [0.3, 0.4) is 0 Å². The van der Waals surface area contributed by atoms with Crippen molar-refractivity contribution in [1.29, 1.82) is 0 Å². The Balaban J connectivity index is 1.40. The first-order chi connectivity index (χ1) is 16.0. The molecule has 2 aliphatic rings. The van der Waals surface area contributed by atoms with Gasteiger partial charge < -0.3 is 15.5 Å². The first kappa shape index (κ1) is 21.0. The highest BCUT2D eigenvalue weighted by atomic mass is 19.1. The van der Waals surface area contributed by atoms with E-state index in [2.05, 4.69) is 39.7 Å². The molecule has 0 unspecified atom stereocenters. The lowest BCUT2D eigenvalue weighted by molar-refractivity contribution is -0.117. The molecule has 1 aliphatic heterocycles. The van der Waals surface area contributed by atoms with Crippen molar-refractivity contribution in [2.75, 3.05) is 22.1 Å². The maximum atomic E-state index is 13.1. The van der Waals surface area contributed by atoms with Gasteiger partial charge in [0.25, 0.3) is 0 Å². The van der Waals surface area contributed by atoms with Gasteiger partial charge in [0.05, 0.1) is 17.6 Å². The molecule has 1 saturated heterocycles. The number of rotatable bonds is 6. The molecule has 3 aromatic rings. The largest absolute Gasteiger partial charge is 0.329 e. The minimum absolute atomic E-state index is 0.188. The van der Waals surface area contributed by atoms with E-state index in [0.717, 1.165) is 23.4 Å². The van der Waals surface area contributed by atoms with E-state index in [-0.39, 0.29) is 5.91 Å². The molecule has 33 heavy (non-hydrogen) atoms. The number of aromatic nitrogens is 5. The van der Waals surface area contributed by atoms with E-state index in [0.29, 0.717) is 48.6 Å². The van der Waals surface area contributed by atoms with Gasteiger partial charge in [-0.2, -0.15) is 14.5 Å². The Hall–Kier alpha value is -3.82. The van der Waals surface area contributed by atoms with Gasteiger partial charge in [0.15, 0.2) is 5.82 Å². The van der Waals surface area contributed by atoms with E-state index in [1.54, 1.807) is 0 Å². The van der Waals surface area contributed by atoms with E-state index < -0.39 is 12.0 Å².